The highest BCUT2D eigenvalue weighted by molar-refractivity contribution is 5.77. The van der Waals surface area contributed by atoms with Gasteiger partial charge in [0.05, 0.1) is 37.9 Å². The third-order valence-corrected chi connectivity index (χ3v) is 9.23. The molecule has 0 radical (unpaired) electrons. The van der Waals surface area contributed by atoms with E-state index in [1.54, 1.807) is 36.8 Å². The minimum atomic E-state index is -0.527. The molecule has 2 fully saturated rings. The van der Waals surface area contributed by atoms with Gasteiger partial charge in [-0.3, -0.25) is 14.2 Å². The van der Waals surface area contributed by atoms with Gasteiger partial charge in [0.1, 0.15) is 23.3 Å². The zero-order valence-electron chi connectivity index (χ0n) is 34.5. The van der Waals surface area contributed by atoms with E-state index in [0.29, 0.717) is 40.8 Å². The van der Waals surface area contributed by atoms with Crippen molar-refractivity contribution < 1.29 is 38.4 Å². The molecule has 5 rings (SSSR count). The van der Waals surface area contributed by atoms with Crippen molar-refractivity contribution >= 4 is 40.8 Å². The van der Waals surface area contributed by atoms with E-state index in [9.17, 15) is 24.3 Å². The van der Waals surface area contributed by atoms with E-state index in [-0.39, 0.29) is 54.9 Å². The third kappa shape index (κ3) is 14.4. The normalized spacial score (nSPS) is 19.6. The molecule has 3 heterocycles. The summed E-state index contributed by atoms with van der Waals surface area (Å²) in [5.41, 5.74) is 1.10. The number of esters is 1. The maximum Gasteiger partial charge on any atom is 0.407 e. The summed E-state index contributed by atoms with van der Waals surface area (Å²) < 4.78 is 22.5. The number of anilines is 2. The van der Waals surface area contributed by atoms with Crippen LogP contribution < -0.4 is 31.6 Å². The maximum absolute atomic E-state index is 12.5. The van der Waals surface area contributed by atoms with Crippen LogP contribution in [0.2, 0.25) is 0 Å². The van der Waals surface area contributed by atoms with Crippen LogP contribution in [-0.4, -0.2) is 92.4 Å². The number of nitrogens with zero attached hydrogens (tertiary/aromatic N) is 4. The summed E-state index contributed by atoms with van der Waals surface area (Å²) in [4.78, 5) is 61.1. The second-order valence-electron chi connectivity index (χ2n) is 16.2. The quantitative estimate of drug-likeness (QED) is 0.118. The first-order valence-electron chi connectivity index (χ1n) is 19.6. The predicted octanol–water partition coefficient (Wildman–Crippen LogP) is 5.61. The summed E-state index contributed by atoms with van der Waals surface area (Å²) in [6.45, 7) is 13.0. The van der Waals surface area contributed by atoms with Crippen LogP contribution in [0.25, 0.3) is 11.2 Å². The van der Waals surface area contributed by atoms with Gasteiger partial charge in [-0.1, -0.05) is 0 Å². The number of carbonyl (C=O) groups is 3. The Morgan fingerprint density at radius 3 is 1.95 bits per heavy atom. The smallest absolute Gasteiger partial charge is 0.407 e. The first kappa shape index (κ1) is 44.5. The monoisotopic (exact) mass is 796 g/mol. The zero-order valence-corrected chi connectivity index (χ0v) is 34.5. The number of fused-ring (bicyclic) bond motifs is 1. The lowest BCUT2D eigenvalue weighted by atomic mass is 9.91. The van der Waals surface area contributed by atoms with Gasteiger partial charge in [-0.2, -0.15) is 4.98 Å². The SMILES string of the molecule is CC(C)(C)OC(=O)NC1CCC(n2c(=O)cnc3ccc(CO)nc32)CC1.CCOC(=O)CNc1ccc(OC)nc1NC1CCC(NC(=O)OC(C)(C)C)CC1. The number of alkyl carbamates (subject to hydrolysis) is 2. The predicted molar refractivity (Wildman–Crippen MR) is 215 cm³/mol. The summed E-state index contributed by atoms with van der Waals surface area (Å²) in [6.07, 6.45) is 6.93. The van der Waals surface area contributed by atoms with Gasteiger partial charge in [-0.25, -0.2) is 19.6 Å². The average molecular weight is 797 g/mol. The Hall–Kier alpha value is -5.19. The van der Waals surface area contributed by atoms with Gasteiger partial charge in [-0.15, -0.1) is 0 Å². The van der Waals surface area contributed by atoms with Crippen molar-refractivity contribution in [2.24, 2.45) is 0 Å². The summed E-state index contributed by atoms with van der Waals surface area (Å²) in [7, 11) is 1.56. The van der Waals surface area contributed by atoms with Gasteiger partial charge < -0.3 is 45.3 Å². The lowest BCUT2D eigenvalue weighted by Gasteiger charge is -2.31. The fraction of sp³-hybridized carbons (Fsp3) is 0.625. The number of pyridine rings is 2. The van der Waals surface area contributed by atoms with Crippen LogP contribution in [0.5, 0.6) is 5.88 Å². The van der Waals surface area contributed by atoms with Gasteiger partial charge in [-0.05, 0) is 118 Å². The number of aliphatic hydroxyl groups excluding tert-OH is 1. The number of aromatic nitrogens is 4. The fourth-order valence-electron chi connectivity index (χ4n) is 6.68. The molecule has 3 aromatic rings. The first-order valence-corrected chi connectivity index (χ1v) is 19.6. The Labute approximate surface area is 334 Å². The molecule has 2 saturated carbocycles. The highest BCUT2D eigenvalue weighted by atomic mass is 16.6. The van der Waals surface area contributed by atoms with E-state index in [1.165, 1.54) is 6.20 Å². The topological polar surface area (TPSA) is 217 Å². The summed E-state index contributed by atoms with van der Waals surface area (Å²) in [5.74, 6) is 0.787. The van der Waals surface area contributed by atoms with Crippen molar-refractivity contribution in [2.45, 2.75) is 142 Å². The van der Waals surface area contributed by atoms with E-state index < -0.39 is 17.3 Å². The Morgan fingerprint density at radius 1 is 0.825 bits per heavy atom. The van der Waals surface area contributed by atoms with E-state index in [0.717, 1.165) is 51.4 Å². The van der Waals surface area contributed by atoms with Crippen LogP contribution in [0.4, 0.5) is 21.1 Å². The van der Waals surface area contributed by atoms with E-state index in [4.69, 9.17) is 18.9 Å². The summed E-state index contributed by atoms with van der Waals surface area (Å²) >= 11 is 0. The average Bonchev–Trinajstić information content (AvgIpc) is 3.14. The molecule has 2 amide bonds. The molecular weight excluding hydrogens is 736 g/mol. The largest absolute Gasteiger partial charge is 0.481 e. The molecule has 0 atom stereocenters. The molecular formula is C40H60N8O9. The van der Waals surface area contributed by atoms with Crippen molar-refractivity contribution in [1.29, 1.82) is 0 Å². The number of nitrogens with one attached hydrogen (secondary N) is 4. The van der Waals surface area contributed by atoms with Gasteiger partial charge >= 0.3 is 18.2 Å². The summed E-state index contributed by atoms with van der Waals surface area (Å²) in [5, 5.41) is 21.7. The molecule has 2 aliphatic carbocycles. The lowest BCUT2D eigenvalue weighted by molar-refractivity contribution is -0.140. The lowest BCUT2D eigenvalue weighted by Crippen LogP contribution is -2.42. The number of aliphatic hydroxyl groups is 1. The van der Waals surface area contributed by atoms with Gasteiger partial charge in [0.25, 0.3) is 5.56 Å². The van der Waals surface area contributed by atoms with Crippen molar-refractivity contribution in [3.8, 4) is 5.88 Å². The molecule has 0 aliphatic heterocycles. The number of amides is 2. The van der Waals surface area contributed by atoms with Gasteiger partial charge in [0.2, 0.25) is 5.88 Å². The van der Waals surface area contributed by atoms with Crippen molar-refractivity contribution in [3.05, 3.63) is 46.5 Å². The molecule has 314 valence electrons. The van der Waals surface area contributed by atoms with Crippen molar-refractivity contribution in [3.63, 3.8) is 0 Å². The Balaban J connectivity index is 0.000000254. The molecule has 5 N–H and O–H groups in total. The van der Waals surface area contributed by atoms with Crippen LogP contribution in [0.1, 0.15) is 112 Å². The molecule has 0 aromatic carbocycles. The molecule has 3 aromatic heterocycles. The zero-order chi connectivity index (χ0) is 41.8. The van der Waals surface area contributed by atoms with Crippen LogP contribution in [0, 0.1) is 0 Å². The Morgan fingerprint density at radius 2 is 1.40 bits per heavy atom. The molecule has 2 aliphatic rings. The standard InChI is InChI=1S/C21H34N4O5.C19H26N4O4/c1-6-29-18(26)13-22-16-11-12-17(28-5)25-19(16)23-14-7-9-15(10-8-14)24-20(27)30-21(2,3)4;1-19(2,3)27-18(26)22-12-4-7-14(8-5-12)23-16(25)10-20-15-9-6-13(11-24)21-17(15)23/h11-12,14-15,22H,6-10,13H2,1-5H3,(H,23,25)(H,24,27);6,9-10,12,14,24H,4-5,7-8,11H2,1-3H3,(H,22,26). The minimum absolute atomic E-state index is 0.0128. The molecule has 0 spiro atoms. The molecule has 17 nitrogen and oxygen atoms in total. The number of hydrogen-bond donors (Lipinski definition) is 5. The molecule has 0 unspecified atom stereocenters. The third-order valence-electron chi connectivity index (χ3n) is 9.23. The Bertz CT molecular complexity index is 1860. The highest BCUT2D eigenvalue weighted by Gasteiger charge is 2.28. The number of carbonyl (C=O) groups excluding carboxylic acids is 3. The number of ether oxygens (including phenoxy) is 4. The van der Waals surface area contributed by atoms with E-state index in [2.05, 4.69) is 36.2 Å². The van der Waals surface area contributed by atoms with E-state index >= 15 is 0 Å². The molecule has 0 bridgehead atoms. The second-order valence-corrected chi connectivity index (χ2v) is 16.2. The molecule has 17 heteroatoms. The van der Waals surface area contributed by atoms with Gasteiger partial charge in [0, 0.05) is 30.2 Å². The Kier molecular flexibility index (Phi) is 15.9. The minimum Gasteiger partial charge on any atom is -0.481 e. The van der Waals surface area contributed by atoms with Crippen LogP contribution >= 0.6 is 0 Å². The number of methoxy groups -OCH3 is 1. The van der Waals surface area contributed by atoms with Gasteiger partial charge in [0.15, 0.2) is 11.5 Å². The second kappa shape index (κ2) is 20.3. The number of rotatable bonds is 11. The van der Waals surface area contributed by atoms with Crippen molar-refractivity contribution in [1.82, 2.24) is 30.2 Å². The number of hydrogen-bond acceptors (Lipinski definition) is 14. The molecule has 0 saturated heterocycles. The highest BCUT2D eigenvalue weighted by Crippen LogP contribution is 2.30. The molecule has 57 heavy (non-hydrogen) atoms. The van der Waals surface area contributed by atoms with E-state index in [1.807, 2.05) is 47.6 Å². The van der Waals surface area contributed by atoms with Crippen LogP contribution in [-0.2, 0) is 25.6 Å². The summed E-state index contributed by atoms with van der Waals surface area (Å²) in [6, 6.07) is 7.33. The fourth-order valence-corrected chi connectivity index (χ4v) is 6.68. The first-order chi connectivity index (χ1) is 27.0. The van der Waals surface area contributed by atoms with Crippen molar-refractivity contribution in [2.75, 3.05) is 30.9 Å². The van der Waals surface area contributed by atoms with Crippen LogP contribution in [0.15, 0.2) is 35.3 Å². The van der Waals surface area contributed by atoms with Crippen LogP contribution in [0.3, 0.4) is 0 Å². The maximum atomic E-state index is 12.5.